The van der Waals surface area contributed by atoms with Crippen molar-refractivity contribution in [2.24, 2.45) is 5.92 Å². The Labute approximate surface area is 159 Å². The molecule has 1 fully saturated rings. The standard InChI is InChI=1S/C18H22ClN3O3S/c1-13-14(2)20-12-21-18(13)25-11-15-7-9-22(10-8-15)26(23,24)17-6-4-3-5-16(17)19/h3-6,12,15H,7-11H2,1-2H3. The number of hydrogen-bond acceptors (Lipinski definition) is 5. The number of sulfonamides is 1. The van der Waals surface area contributed by atoms with Crippen LogP contribution in [0.15, 0.2) is 35.5 Å². The van der Waals surface area contributed by atoms with E-state index in [0.29, 0.717) is 31.5 Å². The van der Waals surface area contributed by atoms with E-state index in [9.17, 15) is 8.42 Å². The highest BCUT2D eigenvalue weighted by atomic mass is 35.5. The molecule has 1 saturated heterocycles. The molecule has 0 atom stereocenters. The number of ether oxygens (including phenoxy) is 1. The van der Waals surface area contributed by atoms with E-state index in [4.69, 9.17) is 16.3 Å². The van der Waals surface area contributed by atoms with Gasteiger partial charge in [0, 0.05) is 24.3 Å². The highest BCUT2D eigenvalue weighted by molar-refractivity contribution is 7.89. The summed E-state index contributed by atoms with van der Waals surface area (Å²) in [5, 5.41) is 0.257. The molecule has 0 aliphatic carbocycles. The van der Waals surface area contributed by atoms with Crippen molar-refractivity contribution >= 4 is 21.6 Å². The minimum Gasteiger partial charge on any atom is -0.477 e. The van der Waals surface area contributed by atoms with Crippen molar-refractivity contribution in [3.05, 3.63) is 46.9 Å². The first kappa shape index (κ1) is 19.1. The number of halogens is 1. The minimum absolute atomic E-state index is 0.170. The number of hydrogen-bond donors (Lipinski definition) is 0. The predicted molar refractivity (Wildman–Crippen MR) is 99.9 cm³/mol. The molecule has 0 amide bonds. The lowest BCUT2D eigenvalue weighted by atomic mass is 9.99. The van der Waals surface area contributed by atoms with E-state index in [2.05, 4.69) is 9.97 Å². The zero-order chi connectivity index (χ0) is 18.7. The van der Waals surface area contributed by atoms with Gasteiger partial charge < -0.3 is 4.74 Å². The molecule has 26 heavy (non-hydrogen) atoms. The summed E-state index contributed by atoms with van der Waals surface area (Å²) < 4.78 is 32.9. The molecule has 3 rings (SSSR count). The van der Waals surface area contributed by atoms with Crippen LogP contribution >= 0.6 is 11.6 Å². The summed E-state index contributed by atoms with van der Waals surface area (Å²) in [5.41, 5.74) is 1.84. The van der Waals surface area contributed by atoms with Gasteiger partial charge >= 0.3 is 0 Å². The Morgan fingerprint density at radius 1 is 1.19 bits per heavy atom. The van der Waals surface area contributed by atoms with E-state index in [1.54, 1.807) is 24.3 Å². The first-order valence-electron chi connectivity index (χ1n) is 8.55. The van der Waals surface area contributed by atoms with Crippen LogP contribution in [0.1, 0.15) is 24.1 Å². The molecule has 0 N–H and O–H groups in total. The van der Waals surface area contributed by atoms with Crippen LogP contribution in [0.25, 0.3) is 0 Å². The van der Waals surface area contributed by atoms with Crippen molar-refractivity contribution in [2.45, 2.75) is 31.6 Å². The first-order valence-corrected chi connectivity index (χ1v) is 10.4. The van der Waals surface area contributed by atoms with E-state index in [1.807, 2.05) is 13.8 Å². The SMILES string of the molecule is Cc1ncnc(OCC2CCN(S(=O)(=O)c3ccccc3Cl)CC2)c1C. The van der Waals surface area contributed by atoms with E-state index in [-0.39, 0.29) is 9.92 Å². The molecule has 8 heteroatoms. The summed E-state index contributed by atoms with van der Waals surface area (Å²) in [4.78, 5) is 8.47. The molecule has 0 saturated carbocycles. The number of benzene rings is 1. The normalized spacial score (nSPS) is 16.6. The lowest BCUT2D eigenvalue weighted by Gasteiger charge is -2.31. The van der Waals surface area contributed by atoms with Crippen molar-refractivity contribution in [3.63, 3.8) is 0 Å². The number of rotatable bonds is 5. The number of piperidine rings is 1. The third-order valence-corrected chi connectivity index (χ3v) is 7.17. The highest BCUT2D eigenvalue weighted by Crippen LogP contribution is 2.28. The Balaban J connectivity index is 1.59. The van der Waals surface area contributed by atoms with Crippen LogP contribution in [-0.2, 0) is 10.0 Å². The maximum Gasteiger partial charge on any atom is 0.244 e. The molecule has 1 aromatic heterocycles. The fourth-order valence-corrected chi connectivity index (χ4v) is 4.93. The van der Waals surface area contributed by atoms with E-state index in [0.717, 1.165) is 24.1 Å². The summed E-state index contributed by atoms with van der Waals surface area (Å²) in [6.07, 6.45) is 2.98. The van der Waals surface area contributed by atoms with Gasteiger partial charge in [0.15, 0.2) is 0 Å². The molecule has 0 radical (unpaired) electrons. The lowest BCUT2D eigenvalue weighted by Crippen LogP contribution is -2.39. The van der Waals surface area contributed by atoms with Gasteiger partial charge in [-0.2, -0.15) is 4.31 Å². The van der Waals surface area contributed by atoms with Crippen LogP contribution in [0.3, 0.4) is 0 Å². The minimum atomic E-state index is -3.56. The maximum atomic E-state index is 12.8. The lowest BCUT2D eigenvalue weighted by molar-refractivity contribution is 0.180. The smallest absolute Gasteiger partial charge is 0.244 e. The Morgan fingerprint density at radius 3 is 2.58 bits per heavy atom. The molecule has 140 valence electrons. The zero-order valence-electron chi connectivity index (χ0n) is 14.9. The van der Waals surface area contributed by atoms with Crippen molar-refractivity contribution < 1.29 is 13.2 Å². The Morgan fingerprint density at radius 2 is 1.88 bits per heavy atom. The van der Waals surface area contributed by atoms with Gasteiger partial charge in [0.05, 0.1) is 11.6 Å². The second-order valence-electron chi connectivity index (χ2n) is 6.48. The Hall–Kier alpha value is -1.70. The van der Waals surface area contributed by atoms with Crippen LogP contribution in [0.4, 0.5) is 0 Å². The molecular formula is C18H22ClN3O3S. The molecule has 2 aromatic rings. The molecule has 1 aromatic carbocycles. The third kappa shape index (κ3) is 4.00. The third-order valence-electron chi connectivity index (χ3n) is 4.77. The first-order chi connectivity index (χ1) is 12.4. The van der Waals surface area contributed by atoms with Gasteiger partial charge in [0.2, 0.25) is 15.9 Å². The van der Waals surface area contributed by atoms with Crippen molar-refractivity contribution in [2.75, 3.05) is 19.7 Å². The second-order valence-corrected chi connectivity index (χ2v) is 8.79. The van der Waals surface area contributed by atoms with E-state index >= 15 is 0 Å². The van der Waals surface area contributed by atoms with Gasteiger partial charge in [0.25, 0.3) is 0 Å². The Kier molecular flexibility index (Phi) is 5.79. The van der Waals surface area contributed by atoms with E-state index in [1.165, 1.54) is 10.6 Å². The summed E-state index contributed by atoms with van der Waals surface area (Å²) in [6, 6.07) is 6.56. The summed E-state index contributed by atoms with van der Waals surface area (Å²) in [6.45, 7) is 5.30. The van der Waals surface area contributed by atoms with Gasteiger partial charge in [0.1, 0.15) is 11.2 Å². The quantitative estimate of drug-likeness (QED) is 0.777. The zero-order valence-corrected chi connectivity index (χ0v) is 16.4. The molecule has 0 spiro atoms. The summed E-state index contributed by atoms with van der Waals surface area (Å²) >= 11 is 6.06. The molecule has 6 nitrogen and oxygen atoms in total. The Bertz CT molecular complexity index is 881. The van der Waals surface area contributed by atoms with Gasteiger partial charge in [-0.05, 0) is 44.7 Å². The van der Waals surface area contributed by atoms with Crippen molar-refractivity contribution in [3.8, 4) is 5.88 Å². The van der Waals surface area contributed by atoms with Crippen molar-refractivity contribution in [1.82, 2.24) is 14.3 Å². The van der Waals surface area contributed by atoms with Crippen LogP contribution in [0.2, 0.25) is 5.02 Å². The van der Waals surface area contributed by atoms with Crippen LogP contribution in [0, 0.1) is 19.8 Å². The average Bonchev–Trinajstić information content (AvgIpc) is 2.63. The van der Waals surface area contributed by atoms with Crippen LogP contribution in [0.5, 0.6) is 5.88 Å². The second kappa shape index (κ2) is 7.90. The molecule has 0 unspecified atom stereocenters. The van der Waals surface area contributed by atoms with Gasteiger partial charge in [-0.15, -0.1) is 0 Å². The number of aryl methyl sites for hydroxylation is 1. The van der Waals surface area contributed by atoms with Crippen LogP contribution in [-0.4, -0.2) is 42.4 Å². The van der Waals surface area contributed by atoms with Gasteiger partial charge in [-0.1, -0.05) is 23.7 Å². The van der Waals surface area contributed by atoms with Crippen LogP contribution < -0.4 is 4.74 Å². The largest absolute Gasteiger partial charge is 0.477 e. The summed E-state index contributed by atoms with van der Waals surface area (Å²) in [7, 11) is -3.56. The molecular weight excluding hydrogens is 374 g/mol. The van der Waals surface area contributed by atoms with Crippen molar-refractivity contribution in [1.29, 1.82) is 0 Å². The number of nitrogens with zero attached hydrogens (tertiary/aromatic N) is 3. The topological polar surface area (TPSA) is 72.4 Å². The van der Waals surface area contributed by atoms with Gasteiger partial charge in [-0.25, -0.2) is 18.4 Å². The monoisotopic (exact) mass is 395 g/mol. The molecule has 1 aliphatic rings. The average molecular weight is 396 g/mol. The summed E-state index contributed by atoms with van der Waals surface area (Å²) in [5.74, 6) is 0.894. The molecule has 2 heterocycles. The predicted octanol–water partition coefficient (Wildman–Crippen LogP) is 3.23. The maximum absolute atomic E-state index is 12.8. The fourth-order valence-electron chi connectivity index (χ4n) is 2.97. The highest BCUT2D eigenvalue weighted by Gasteiger charge is 2.31. The molecule has 0 bridgehead atoms. The van der Waals surface area contributed by atoms with E-state index < -0.39 is 10.0 Å². The number of aromatic nitrogens is 2. The fraction of sp³-hybridized carbons (Fsp3) is 0.444. The molecule has 1 aliphatic heterocycles. The van der Waals surface area contributed by atoms with Gasteiger partial charge in [-0.3, -0.25) is 0 Å².